The second-order valence-electron chi connectivity index (χ2n) is 7.16. The van der Waals surface area contributed by atoms with E-state index in [4.69, 9.17) is 9.47 Å². The third kappa shape index (κ3) is 6.35. The Balaban J connectivity index is 1.49. The molecule has 0 radical (unpaired) electrons. The number of nitrogens with zero attached hydrogens (tertiary/aromatic N) is 1. The minimum atomic E-state index is -0.185. The van der Waals surface area contributed by atoms with Crippen LogP contribution < -0.4 is 15.4 Å². The van der Waals surface area contributed by atoms with Crippen LogP contribution in [-0.4, -0.2) is 56.2 Å². The van der Waals surface area contributed by atoms with Crippen LogP contribution in [0, 0.1) is 0 Å². The van der Waals surface area contributed by atoms with E-state index in [1.807, 2.05) is 13.0 Å². The Morgan fingerprint density at radius 3 is 2.53 bits per heavy atom. The number of morpholine rings is 1. The second-order valence-corrected chi connectivity index (χ2v) is 7.16. The van der Waals surface area contributed by atoms with Gasteiger partial charge in [0.1, 0.15) is 12.4 Å². The van der Waals surface area contributed by atoms with Gasteiger partial charge < -0.3 is 25.0 Å². The first-order chi connectivity index (χ1) is 14.5. The average Bonchev–Trinajstić information content (AvgIpc) is 2.77. The number of hydrogen-bond acceptors (Lipinski definition) is 5. The summed E-state index contributed by atoms with van der Waals surface area (Å²) in [5.41, 5.74) is 2.93. The molecule has 158 valence electrons. The smallest absolute Gasteiger partial charge is 0.254 e. The van der Waals surface area contributed by atoms with Crippen molar-refractivity contribution in [2.75, 3.05) is 50.1 Å². The van der Waals surface area contributed by atoms with Crippen molar-refractivity contribution < 1.29 is 19.1 Å². The monoisotopic (exact) mass is 409 g/mol. The van der Waals surface area contributed by atoms with E-state index in [-0.39, 0.29) is 18.4 Å². The molecule has 0 aliphatic carbocycles. The fourth-order valence-corrected chi connectivity index (χ4v) is 2.94. The maximum Gasteiger partial charge on any atom is 0.254 e. The molecule has 7 heteroatoms. The highest BCUT2D eigenvalue weighted by Crippen LogP contribution is 2.17. The SMILES string of the molecule is C=C(C)COc1ccc(NC(=O)CNc2cccc(C(=O)N3CCOCC3)c2)cc1. The molecule has 2 aromatic rings. The molecule has 0 atom stereocenters. The summed E-state index contributed by atoms with van der Waals surface area (Å²) < 4.78 is 10.8. The highest BCUT2D eigenvalue weighted by atomic mass is 16.5. The predicted octanol–water partition coefficient (Wildman–Crippen LogP) is 3.16. The van der Waals surface area contributed by atoms with Gasteiger partial charge in [-0.05, 0) is 55.0 Å². The molecule has 30 heavy (non-hydrogen) atoms. The van der Waals surface area contributed by atoms with Gasteiger partial charge in [0.2, 0.25) is 5.91 Å². The Bertz CT molecular complexity index is 890. The minimum Gasteiger partial charge on any atom is -0.489 e. The predicted molar refractivity (Wildman–Crippen MR) is 117 cm³/mol. The summed E-state index contributed by atoms with van der Waals surface area (Å²) in [4.78, 5) is 26.6. The summed E-state index contributed by atoms with van der Waals surface area (Å²) in [7, 11) is 0. The van der Waals surface area contributed by atoms with Gasteiger partial charge in [0.25, 0.3) is 5.91 Å². The zero-order valence-corrected chi connectivity index (χ0v) is 17.1. The highest BCUT2D eigenvalue weighted by Gasteiger charge is 2.18. The zero-order valence-electron chi connectivity index (χ0n) is 17.1. The maximum atomic E-state index is 12.6. The first-order valence-corrected chi connectivity index (χ1v) is 9.89. The van der Waals surface area contributed by atoms with Gasteiger partial charge in [0.15, 0.2) is 0 Å². The number of rotatable bonds is 8. The van der Waals surface area contributed by atoms with Gasteiger partial charge in [-0.25, -0.2) is 0 Å². The van der Waals surface area contributed by atoms with Gasteiger partial charge in [-0.2, -0.15) is 0 Å². The average molecular weight is 409 g/mol. The molecule has 1 aliphatic heterocycles. The number of amides is 2. The standard InChI is InChI=1S/C23H27N3O4/c1-17(2)16-30-21-8-6-19(7-9-21)25-22(27)15-24-20-5-3-4-18(14-20)23(28)26-10-12-29-13-11-26/h3-9,14,24H,1,10-13,15-16H2,2H3,(H,25,27). The zero-order chi connectivity index (χ0) is 21.3. The Morgan fingerprint density at radius 2 is 1.83 bits per heavy atom. The maximum absolute atomic E-state index is 12.6. The summed E-state index contributed by atoms with van der Waals surface area (Å²) in [5.74, 6) is 0.506. The summed E-state index contributed by atoms with van der Waals surface area (Å²) >= 11 is 0. The van der Waals surface area contributed by atoms with Crippen LogP contribution in [0.25, 0.3) is 0 Å². The van der Waals surface area contributed by atoms with E-state index in [1.165, 1.54) is 0 Å². The molecule has 1 saturated heterocycles. The molecule has 1 aliphatic rings. The first-order valence-electron chi connectivity index (χ1n) is 9.89. The molecule has 0 aromatic heterocycles. The molecule has 0 bridgehead atoms. The van der Waals surface area contributed by atoms with Gasteiger partial charge in [-0.1, -0.05) is 12.6 Å². The van der Waals surface area contributed by atoms with Gasteiger partial charge in [-0.3, -0.25) is 9.59 Å². The summed E-state index contributed by atoms with van der Waals surface area (Å²) in [5, 5.41) is 5.89. The number of benzene rings is 2. The first kappa shape index (κ1) is 21.4. The largest absolute Gasteiger partial charge is 0.489 e. The van der Waals surface area contributed by atoms with Crippen LogP contribution in [0.3, 0.4) is 0 Å². The van der Waals surface area contributed by atoms with E-state index >= 15 is 0 Å². The van der Waals surface area contributed by atoms with Crippen molar-refractivity contribution in [3.8, 4) is 5.75 Å². The van der Waals surface area contributed by atoms with E-state index in [0.29, 0.717) is 49.8 Å². The molecule has 0 saturated carbocycles. The fraction of sp³-hybridized carbons (Fsp3) is 0.304. The highest BCUT2D eigenvalue weighted by molar-refractivity contribution is 5.96. The number of anilines is 2. The quantitative estimate of drug-likeness (QED) is 0.655. The van der Waals surface area contributed by atoms with E-state index < -0.39 is 0 Å². The summed E-state index contributed by atoms with van der Waals surface area (Å²) in [6.45, 7) is 8.55. The van der Waals surface area contributed by atoms with E-state index in [0.717, 1.165) is 11.3 Å². The number of nitrogens with one attached hydrogen (secondary N) is 2. The van der Waals surface area contributed by atoms with Crippen LogP contribution in [0.4, 0.5) is 11.4 Å². The lowest BCUT2D eigenvalue weighted by atomic mass is 10.1. The summed E-state index contributed by atoms with van der Waals surface area (Å²) in [6, 6.07) is 14.3. The lowest BCUT2D eigenvalue weighted by Gasteiger charge is -2.27. The lowest BCUT2D eigenvalue weighted by molar-refractivity contribution is -0.114. The van der Waals surface area contributed by atoms with Crippen molar-refractivity contribution in [2.24, 2.45) is 0 Å². The molecular formula is C23H27N3O4. The van der Waals surface area contributed by atoms with Crippen molar-refractivity contribution in [3.63, 3.8) is 0 Å². The molecule has 7 nitrogen and oxygen atoms in total. The van der Waals surface area contributed by atoms with Gasteiger partial charge in [0.05, 0.1) is 19.8 Å². The molecule has 1 heterocycles. The Hall–Kier alpha value is -3.32. The third-order valence-electron chi connectivity index (χ3n) is 4.48. The van der Waals surface area contributed by atoms with Gasteiger partial charge in [-0.15, -0.1) is 0 Å². The Labute approximate surface area is 176 Å². The molecule has 0 unspecified atom stereocenters. The van der Waals surface area contributed by atoms with Crippen LogP contribution in [0.5, 0.6) is 5.75 Å². The minimum absolute atomic E-state index is 0.0274. The number of hydrogen-bond donors (Lipinski definition) is 2. The van der Waals surface area contributed by atoms with Crippen molar-refractivity contribution in [1.29, 1.82) is 0 Å². The molecule has 2 N–H and O–H groups in total. The summed E-state index contributed by atoms with van der Waals surface area (Å²) in [6.07, 6.45) is 0. The molecule has 2 aromatic carbocycles. The third-order valence-corrected chi connectivity index (χ3v) is 4.48. The van der Waals surface area contributed by atoms with E-state index in [2.05, 4.69) is 17.2 Å². The van der Waals surface area contributed by atoms with Crippen LogP contribution in [0.2, 0.25) is 0 Å². The number of carbonyl (C=O) groups excluding carboxylic acids is 2. The molecule has 0 spiro atoms. The second kappa shape index (κ2) is 10.5. The van der Waals surface area contributed by atoms with E-state index in [9.17, 15) is 9.59 Å². The van der Waals surface area contributed by atoms with Gasteiger partial charge >= 0.3 is 0 Å². The van der Waals surface area contributed by atoms with Crippen molar-refractivity contribution in [1.82, 2.24) is 4.90 Å². The molecule has 3 rings (SSSR count). The topological polar surface area (TPSA) is 79.9 Å². The van der Waals surface area contributed by atoms with Crippen molar-refractivity contribution in [2.45, 2.75) is 6.92 Å². The lowest BCUT2D eigenvalue weighted by Crippen LogP contribution is -2.40. The molecular weight excluding hydrogens is 382 g/mol. The molecule has 1 fully saturated rings. The van der Waals surface area contributed by atoms with Crippen molar-refractivity contribution in [3.05, 3.63) is 66.2 Å². The Morgan fingerprint density at radius 1 is 1.10 bits per heavy atom. The molecule has 2 amide bonds. The van der Waals surface area contributed by atoms with Crippen LogP contribution in [-0.2, 0) is 9.53 Å². The van der Waals surface area contributed by atoms with Crippen LogP contribution in [0.1, 0.15) is 17.3 Å². The Kier molecular flexibility index (Phi) is 7.45. The van der Waals surface area contributed by atoms with E-state index in [1.54, 1.807) is 47.4 Å². The fourth-order valence-electron chi connectivity index (χ4n) is 2.94. The van der Waals surface area contributed by atoms with Gasteiger partial charge in [0, 0.05) is 30.0 Å². The number of ether oxygens (including phenoxy) is 2. The number of carbonyl (C=O) groups is 2. The normalized spacial score (nSPS) is 13.4. The van der Waals surface area contributed by atoms with Crippen LogP contribution in [0.15, 0.2) is 60.7 Å². The van der Waals surface area contributed by atoms with Crippen LogP contribution >= 0.6 is 0 Å². The van der Waals surface area contributed by atoms with Crippen molar-refractivity contribution >= 4 is 23.2 Å².